The number of hydrogen-bond acceptors (Lipinski definition) is 1. The summed E-state index contributed by atoms with van der Waals surface area (Å²) in [5.41, 5.74) is -0.805. The SMILES string of the molecule is FC(F)(F)C1=CCN(C2CCCC2(F)F)C=C1Br. The summed E-state index contributed by atoms with van der Waals surface area (Å²) in [5, 5.41) is 0. The molecule has 0 aromatic rings. The summed E-state index contributed by atoms with van der Waals surface area (Å²) >= 11 is 2.80. The summed E-state index contributed by atoms with van der Waals surface area (Å²) in [4.78, 5) is 1.28. The van der Waals surface area contributed by atoms with E-state index in [4.69, 9.17) is 0 Å². The van der Waals surface area contributed by atoms with Gasteiger partial charge in [0, 0.05) is 23.6 Å². The Morgan fingerprint density at radius 3 is 2.44 bits per heavy atom. The molecule has 2 rings (SSSR count). The lowest BCUT2D eigenvalue weighted by molar-refractivity contribution is -0.0899. The zero-order chi connectivity index (χ0) is 13.6. The van der Waals surface area contributed by atoms with Crippen LogP contribution in [0.3, 0.4) is 0 Å². The molecule has 0 radical (unpaired) electrons. The van der Waals surface area contributed by atoms with Gasteiger partial charge in [0.15, 0.2) is 0 Å². The second kappa shape index (κ2) is 4.51. The van der Waals surface area contributed by atoms with E-state index in [0.717, 1.165) is 12.3 Å². The average molecular weight is 332 g/mol. The van der Waals surface area contributed by atoms with Crippen molar-refractivity contribution in [1.29, 1.82) is 0 Å². The van der Waals surface area contributed by atoms with Gasteiger partial charge in [-0.2, -0.15) is 13.2 Å². The predicted octanol–water partition coefficient (Wildman–Crippen LogP) is 4.21. The molecule has 2 aliphatic rings. The first-order chi connectivity index (χ1) is 8.22. The van der Waals surface area contributed by atoms with Gasteiger partial charge < -0.3 is 4.90 Å². The van der Waals surface area contributed by atoms with Gasteiger partial charge in [0.05, 0.1) is 11.6 Å². The maximum absolute atomic E-state index is 13.5. The lowest BCUT2D eigenvalue weighted by Crippen LogP contribution is -2.42. The number of hydrogen-bond donors (Lipinski definition) is 0. The van der Waals surface area contributed by atoms with Crippen LogP contribution in [0.2, 0.25) is 0 Å². The average Bonchev–Trinajstić information content (AvgIpc) is 2.55. The van der Waals surface area contributed by atoms with Crippen molar-refractivity contribution in [3.63, 3.8) is 0 Å². The molecule has 1 nitrogen and oxygen atoms in total. The van der Waals surface area contributed by atoms with Crippen LogP contribution in [-0.2, 0) is 0 Å². The Balaban J connectivity index is 2.16. The molecule has 1 saturated carbocycles. The Bertz CT molecular complexity index is 399. The van der Waals surface area contributed by atoms with E-state index >= 15 is 0 Å². The fourth-order valence-corrected chi connectivity index (χ4v) is 3.00. The molecule has 0 aromatic carbocycles. The smallest absolute Gasteiger partial charge is 0.364 e. The number of halogens is 6. The summed E-state index contributed by atoms with van der Waals surface area (Å²) in [6, 6.07) is -1.00. The summed E-state index contributed by atoms with van der Waals surface area (Å²) in [7, 11) is 0. The molecule has 0 bridgehead atoms. The van der Waals surface area contributed by atoms with Crippen LogP contribution in [0.25, 0.3) is 0 Å². The molecule has 0 saturated heterocycles. The van der Waals surface area contributed by atoms with Gasteiger partial charge in [-0.05, 0) is 28.8 Å². The number of rotatable bonds is 1. The van der Waals surface area contributed by atoms with Crippen LogP contribution in [0.4, 0.5) is 22.0 Å². The highest BCUT2D eigenvalue weighted by Crippen LogP contribution is 2.42. The molecule has 18 heavy (non-hydrogen) atoms. The zero-order valence-electron chi connectivity index (χ0n) is 9.28. The van der Waals surface area contributed by atoms with Gasteiger partial charge >= 0.3 is 6.18 Å². The minimum atomic E-state index is -4.46. The van der Waals surface area contributed by atoms with Crippen LogP contribution in [0, 0.1) is 0 Å². The van der Waals surface area contributed by atoms with Gasteiger partial charge in [-0.15, -0.1) is 0 Å². The standard InChI is InChI=1S/C11H11BrF5N/c12-8-6-18(5-3-7(8)11(15,16)17)9-2-1-4-10(9,13)14/h3,6,9H,1-2,4-5H2. The minimum absolute atomic E-state index is 0.135. The van der Waals surface area contributed by atoms with Crippen molar-refractivity contribution >= 4 is 15.9 Å². The molecular weight excluding hydrogens is 321 g/mol. The van der Waals surface area contributed by atoms with Gasteiger partial charge in [-0.1, -0.05) is 6.08 Å². The van der Waals surface area contributed by atoms with E-state index in [1.807, 2.05) is 0 Å². The first-order valence-corrected chi connectivity index (χ1v) is 6.30. The quantitative estimate of drug-likeness (QED) is 0.650. The fourth-order valence-electron chi connectivity index (χ4n) is 2.35. The second-order valence-electron chi connectivity index (χ2n) is 4.46. The topological polar surface area (TPSA) is 3.24 Å². The van der Waals surface area contributed by atoms with Crippen LogP contribution < -0.4 is 0 Å². The van der Waals surface area contributed by atoms with Crippen molar-refractivity contribution in [2.75, 3.05) is 6.54 Å². The van der Waals surface area contributed by atoms with Crippen LogP contribution in [-0.4, -0.2) is 29.6 Å². The second-order valence-corrected chi connectivity index (χ2v) is 5.31. The van der Waals surface area contributed by atoms with E-state index in [9.17, 15) is 22.0 Å². The Hall–Kier alpha value is -0.590. The third kappa shape index (κ3) is 2.55. The lowest BCUT2D eigenvalue weighted by atomic mass is 10.1. The van der Waals surface area contributed by atoms with E-state index in [1.165, 1.54) is 4.90 Å². The Kier molecular flexibility index (Phi) is 3.46. The molecule has 1 aliphatic carbocycles. The summed E-state index contributed by atoms with van der Waals surface area (Å²) in [5.74, 6) is -2.83. The first kappa shape index (κ1) is 13.8. The fraction of sp³-hybridized carbons (Fsp3) is 0.636. The first-order valence-electron chi connectivity index (χ1n) is 5.50. The highest BCUT2D eigenvalue weighted by atomic mass is 79.9. The largest absolute Gasteiger partial charge is 0.417 e. The van der Waals surface area contributed by atoms with Gasteiger partial charge in [-0.25, -0.2) is 8.78 Å². The van der Waals surface area contributed by atoms with E-state index in [-0.39, 0.29) is 17.4 Å². The maximum Gasteiger partial charge on any atom is 0.417 e. The van der Waals surface area contributed by atoms with Crippen LogP contribution in [0.5, 0.6) is 0 Å². The van der Waals surface area contributed by atoms with Crippen LogP contribution >= 0.6 is 15.9 Å². The van der Waals surface area contributed by atoms with Gasteiger partial charge in [-0.3, -0.25) is 0 Å². The van der Waals surface area contributed by atoms with Gasteiger partial charge in [0.25, 0.3) is 5.92 Å². The van der Waals surface area contributed by atoms with E-state index < -0.39 is 23.7 Å². The van der Waals surface area contributed by atoms with Crippen LogP contribution in [0.1, 0.15) is 19.3 Å². The monoisotopic (exact) mass is 331 g/mol. The highest BCUT2D eigenvalue weighted by Gasteiger charge is 2.47. The molecule has 1 aliphatic heterocycles. The molecule has 0 N–H and O–H groups in total. The van der Waals surface area contributed by atoms with Crippen molar-refractivity contribution in [2.24, 2.45) is 0 Å². The summed E-state index contributed by atoms with van der Waals surface area (Å²) < 4.78 is 64.5. The zero-order valence-corrected chi connectivity index (χ0v) is 10.9. The molecular formula is C11H11BrF5N. The lowest BCUT2D eigenvalue weighted by Gasteiger charge is -2.34. The van der Waals surface area contributed by atoms with E-state index in [1.54, 1.807) is 0 Å². The van der Waals surface area contributed by atoms with Crippen molar-refractivity contribution in [1.82, 2.24) is 4.90 Å². The third-order valence-corrected chi connectivity index (χ3v) is 3.86. The normalized spacial score (nSPS) is 28.1. The molecule has 7 heteroatoms. The minimum Gasteiger partial charge on any atom is -0.364 e. The summed E-state index contributed by atoms with van der Waals surface area (Å²) in [6.07, 6.45) is -1.88. The predicted molar refractivity (Wildman–Crippen MR) is 60.4 cm³/mol. The molecule has 1 atom stereocenters. The highest BCUT2D eigenvalue weighted by molar-refractivity contribution is 9.12. The van der Waals surface area contributed by atoms with Gasteiger partial charge in [0.1, 0.15) is 0 Å². The molecule has 0 amide bonds. The number of alkyl halides is 5. The van der Waals surface area contributed by atoms with Crippen molar-refractivity contribution < 1.29 is 22.0 Å². The molecule has 102 valence electrons. The Morgan fingerprint density at radius 1 is 1.33 bits per heavy atom. The van der Waals surface area contributed by atoms with Crippen LogP contribution in [0.15, 0.2) is 22.3 Å². The van der Waals surface area contributed by atoms with Gasteiger partial charge in [0.2, 0.25) is 0 Å². The molecule has 1 unspecified atom stereocenters. The number of nitrogens with zero attached hydrogens (tertiary/aromatic N) is 1. The van der Waals surface area contributed by atoms with E-state index in [2.05, 4.69) is 15.9 Å². The Morgan fingerprint density at radius 2 is 2.00 bits per heavy atom. The molecule has 0 spiro atoms. The Labute approximate surface area is 109 Å². The maximum atomic E-state index is 13.5. The summed E-state index contributed by atoms with van der Waals surface area (Å²) in [6.45, 7) is -0.135. The third-order valence-electron chi connectivity index (χ3n) is 3.22. The van der Waals surface area contributed by atoms with Crippen molar-refractivity contribution in [2.45, 2.75) is 37.4 Å². The molecule has 1 heterocycles. The van der Waals surface area contributed by atoms with E-state index in [0.29, 0.717) is 12.8 Å². The molecule has 1 fully saturated rings. The van der Waals surface area contributed by atoms with Crippen molar-refractivity contribution in [3.8, 4) is 0 Å². The van der Waals surface area contributed by atoms with Crippen molar-refractivity contribution in [3.05, 3.63) is 22.3 Å². The number of allylic oxidation sites excluding steroid dienone is 2. The molecule has 0 aromatic heterocycles.